The van der Waals surface area contributed by atoms with E-state index in [9.17, 15) is 14.4 Å². The van der Waals surface area contributed by atoms with Gasteiger partial charge in [-0.05, 0) is 37.6 Å². The van der Waals surface area contributed by atoms with Gasteiger partial charge in [0, 0.05) is 23.6 Å². The van der Waals surface area contributed by atoms with Crippen molar-refractivity contribution in [2.75, 3.05) is 26.6 Å². The summed E-state index contributed by atoms with van der Waals surface area (Å²) < 4.78 is 15.8. The number of methoxy groups -OCH3 is 3. The molecule has 0 saturated heterocycles. The second-order valence-electron chi connectivity index (χ2n) is 9.37. The quantitative estimate of drug-likeness (QED) is 0.411. The summed E-state index contributed by atoms with van der Waals surface area (Å²) in [4.78, 5) is 43.2. The van der Waals surface area contributed by atoms with Gasteiger partial charge in [-0.25, -0.2) is 9.78 Å². The van der Waals surface area contributed by atoms with E-state index in [1.807, 2.05) is 48.7 Å². The number of nitrogens with one attached hydrogen (secondary N) is 2. The Labute approximate surface area is 231 Å². The van der Waals surface area contributed by atoms with Crippen molar-refractivity contribution in [3.8, 4) is 17.0 Å². The van der Waals surface area contributed by atoms with Gasteiger partial charge < -0.3 is 24.8 Å². The molecule has 0 bridgehead atoms. The molecule has 2 aromatic carbocycles. The molecule has 4 rings (SSSR count). The van der Waals surface area contributed by atoms with Crippen molar-refractivity contribution in [3.63, 3.8) is 0 Å². The van der Waals surface area contributed by atoms with Gasteiger partial charge in [-0.15, -0.1) is 11.3 Å². The van der Waals surface area contributed by atoms with E-state index >= 15 is 0 Å². The van der Waals surface area contributed by atoms with Crippen LogP contribution >= 0.6 is 11.3 Å². The zero-order valence-corrected chi connectivity index (χ0v) is 23.5. The van der Waals surface area contributed by atoms with Crippen LogP contribution in [0.25, 0.3) is 11.3 Å². The van der Waals surface area contributed by atoms with Crippen LogP contribution in [0.15, 0.2) is 65.2 Å². The normalized spacial score (nSPS) is 20.6. The first-order chi connectivity index (χ1) is 18.6. The number of amides is 1. The molecule has 1 aromatic heterocycles. The minimum Gasteiger partial charge on any atom is -0.495 e. The van der Waals surface area contributed by atoms with Gasteiger partial charge in [-0.2, -0.15) is 0 Å². The first-order valence-electron chi connectivity index (χ1n) is 12.3. The van der Waals surface area contributed by atoms with E-state index < -0.39 is 29.3 Å². The first-order valence-corrected chi connectivity index (χ1v) is 13.1. The maximum atomic E-state index is 13.5. The number of benzene rings is 2. The molecule has 1 aliphatic rings. The lowest BCUT2D eigenvalue weighted by Crippen LogP contribution is -2.55. The molecule has 1 amide bonds. The van der Waals surface area contributed by atoms with E-state index in [1.165, 1.54) is 39.6 Å². The Morgan fingerprint density at radius 1 is 1.05 bits per heavy atom. The van der Waals surface area contributed by atoms with Crippen LogP contribution in [0.1, 0.15) is 37.3 Å². The summed E-state index contributed by atoms with van der Waals surface area (Å²) in [6, 6.07) is 14.9. The van der Waals surface area contributed by atoms with E-state index in [0.29, 0.717) is 33.4 Å². The molecule has 2 N–H and O–H groups in total. The number of thiazole rings is 1. The van der Waals surface area contributed by atoms with Crippen molar-refractivity contribution in [1.29, 1.82) is 0 Å². The van der Waals surface area contributed by atoms with Crippen molar-refractivity contribution in [3.05, 3.63) is 75.8 Å². The summed E-state index contributed by atoms with van der Waals surface area (Å²) in [7, 11) is 4.17. The third-order valence-electron chi connectivity index (χ3n) is 6.95. The molecule has 0 aliphatic carbocycles. The Balaban J connectivity index is 1.89. The first kappa shape index (κ1) is 27.8. The maximum absolute atomic E-state index is 13.5. The molecule has 2 heterocycles. The lowest BCUT2D eigenvalue weighted by molar-refractivity contribution is -0.150. The monoisotopic (exact) mass is 549 g/mol. The van der Waals surface area contributed by atoms with Crippen LogP contribution in [0.4, 0.5) is 5.69 Å². The average molecular weight is 550 g/mol. The van der Waals surface area contributed by atoms with Crippen LogP contribution in [0.3, 0.4) is 0 Å². The third kappa shape index (κ3) is 5.24. The van der Waals surface area contributed by atoms with Gasteiger partial charge >= 0.3 is 11.9 Å². The number of esters is 2. The number of hydrogen-bond acceptors (Lipinski definition) is 9. The van der Waals surface area contributed by atoms with Crippen LogP contribution in [-0.4, -0.2) is 44.2 Å². The van der Waals surface area contributed by atoms with E-state index in [-0.39, 0.29) is 5.91 Å². The molecular formula is C29H31N3O6S. The Morgan fingerprint density at radius 2 is 1.77 bits per heavy atom. The molecular weight excluding hydrogens is 518 g/mol. The second kappa shape index (κ2) is 11.3. The number of hydrogen-bond donors (Lipinski definition) is 2. The second-order valence-corrected chi connectivity index (χ2v) is 10.3. The predicted octanol–water partition coefficient (Wildman–Crippen LogP) is 4.62. The van der Waals surface area contributed by atoms with Gasteiger partial charge in [0.15, 0.2) is 0 Å². The van der Waals surface area contributed by atoms with Gasteiger partial charge in [0.1, 0.15) is 10.8 Å². The van der Waals surface area contributed by atoms with Crippen molar-refractivity contribution in [2.45, 2.75) is 32.2 Å². The topological polar surface area (TPSA) is 116 Å². The highest BCUT2D eigenvalue weighted by Crippen LogP contribution is 2.49. The molecule has 9 nitrogen and oxygen atoms in total. The summed E-state index contributed by atoms with van der Waals surface area (Å²) in [5.74, 6) is -2.34. The van der Waals surface area contributed by atoms with E-state index in [2.05, 4.69) is 10.6 Å². The van der Waals surface area contributed by atoms with Crippen LogP contribution < -0.4 is 15.4 Å². The molecule has 3 atom stereocenters. The van der Waals surface area contributed by atoms with Crippen molar-refractivity contribution >= 4 is 34.9 Å². The van der Waals surface area contributed by atoms with Crippen LogP contribution in [0, 0.1) is 5.92 Å². The summed E-state index contributed by atoms with van der Waals surface area (Å²) in [6.45, 7) is 5.14. The molecule has 39 heavy (non-hydrogen) atoms. The average Bonchev–Trinajstić information content (AvgIpc) is 3.42. The number of ether oxygens (including phenoxy) is 3. The Bertz CT molecular complexity index is 1430. The number of carbonyl (C=O) groups is 3. The number of aromatic nitrogens is 1. The summed E-state index contributed by atoms with van der Waals surface area (Å²) in [5.41, 5.74) is 2.72. The van der Waals surface area contributed by atoms with Gasteiger partial charge in [-0.3, -0.25) is 9.59 Å². The molecule has 0 fully saturated rings. The zero-order valence-electron chi connectivity index (χ0n) is 22.7. The largest absolute Gasteiger partial charge is 0.495 e. The number of carbonyl (C=O) groups excluding carboxylic acids is 3. The van der Waals surface area contributed by atoms with Crippen LogP contribution in [-0.2, 0) is 29.4 Å². The minimum absolute atomic E-state index is 0.233. The highest BCUT2D eigenvalue weighted by Gasteiger charge is 2.54. The molecule has 10 heteroatoms. The Hall–Kier alpha value is -4.18. The van der Waals surface area contributed by atoms with Crippen LogP contribution in [0.2, 0.25) is 0 Å². The number of anilines is 1. The van der Waals surface area contributed by atoms with Crippen molar-refractivity contribution in [1.82, 2.24) is 10.3 Å². The van der Waals surface area contributed by atoms with Gasteiger partial charge in [0.25, 0.3) is 0 Å². The van der Waals surface area contributed by atoms with Gasteiger partial charge in [-0.1, -0.05) is 30.3 Å². The van der Waals surface area contributed by atoms with E-state index in [4.69, 9.17) is 19.2 Å². The van der Waals surface area contributed by atoms with Crippen molar-refractivity contribution < 1.29 is 28.6 Å². The standard InChI is InChI=1S/C29H31N3O6S/c1-16-23(27(34)37-5)24(25(28(35)38-6)29(3,32-16)19-10-8-7-9-11-19)26-31-21(15-39-26)18-12-13-22(36-4)20(14-18)30-17(2)33/h7-15,24-25,32H,1-6H3,(H,30,33). The lowest BCUT2D eigenvalue weighted by Gasteiger charge is -2.46. The fourth-order valence-electron chi connectivity index (χ4n) is 5.18. The molecule has 3 unspecified atom stereocenters. The number of rotatable bonds is 7. The Morgan fingerprint density at radius 3 is 2.38 bits per heavy atom. The Kier molecular flexibility index (Phi) is 8.06. The summed E-state index contributed by atoms with van der Waals surface area (Å²) in [6.07, 6.45) is 0. The predicted molar refractivity (Wildman–Crippen MR) is 148 cm³/mol. The molecule has 0 saturated carbocycles. The van der Waals surface area contributed by atoms with E-state index in [1.54, 1.807) is 19.1 Å². The molecule has 1 aliphatic heterocycles. The highest BCUT2D eigenvalue weighted by atomic mass is 32.1. The summed E-state index contributed by atoms with van der Waals surface area (Å²) in [5, 5.41) is 8.60. The molecule has 204 valence electrons. The van der Waals surface area contributed by atoms with Crippen molar-refractivity contribution in [2.24, 2.45) is 5.92 Å². The fourth-order valence-corrected chi connectivity index (χ4v) is 6.15. The highest BCUT2D eigenvalue weighted by molar-refractivity contribution is 7.10. The lowest BCUT2D eigenvalue weighted by atomic mass is 9.67. The third-order valence-corrected chi connectivity index (χ3v) is 7.87. The van der Waals surface area contributed by atoms with Gasteiger partial charge in [0.2, 0.25) is 5.91 Å². The van der Waals surface area contributed by atoms with E-state index in [0.717, 1.165) is 11.1 Å². The zero-order chi connectivity index (χ0) is 28.3. The molecule has 0 spiro atoms. The SMILES string of the molecule is COC(=O)C1=C(C)NC(C)(c2ccccc2)C(C(=O)OC)C1c1nc(-c2ccc(OC)c(NC(C)=O)c2)cs1. The smallest absolute Gasteiger partial charge is 0.336 e. The molecule has 3 aromatic rings. The van der Waals surface area contributed by atoms with Gasteiger partial charge in [0.05, 0.1) is 55.7 Å². The van der Waals surface area contributed by atoms with Crippen LogP contribution in [0.5, 0.6) is 5.75 Å². The number of nitrogens with zero attached hydrogens (tertiary/aromatic N) is 1. The maximum Gasteiger partial charge on any atom is 0.336 e. The fraction of sp³-hybridized carbons (Fsp3) is 0.310. The number of allylic oxidation sites excluding steroid dienone is 1. The summed E-state index contributed by atoms with van der Waals surface area (Å²) >= 11 is 1.33. The molecule has 0 radical (unpaired) electrons. The minimum atomic E-state index is -0.912.